The fourth-order valence-electron chi connectivity index (χ4n) is 1.38. The molecule has 2 N–H and O–H groups in total. The summed E-state index contributed by atoms with van der Waals surface area (Å²) in [6.45, 7) is 7.77. The fraction of sp³-hybridized carbons (Fsp3) is 0.538. The average molecular weight is 235 g/mol. The van der Waals surface area contributed by atoms with Gasteiger partial charge in [0.15, 0.2) is 0 Å². The zero-order valence-corrected chi connectivity index (χ0v) is 10.8. The summed E-state index contributed by atoms with van der Waals surface area (Å²) in [5.41, 5.74) is 1.46. The van der Waals surface area contributed by atoms with Crippen LogP contribution in [-0.4, -0.2) is 24.0 Å². The smallest absolute Gasteiger partial charge is 0.254 e. The molecule has 0 radical (unpaired) electrons. The molecule has 0 aliphatic carbocycles. The van der Waals surface area contributed by atoms with Crippen LogP contribution in [0, 0.1) is 5.92 Å². The summed E-state index contributed by atoms with van der Waals surface area (Å²) in [5.74, 6) is 0.382. The number of aromatic nitrogens is 1. The monoisotopic (exact) mass is 235 g/mol. The summed E-state index contributed by atoms with van der Waals surface area (Å²) in [6.07, 6.45) is 4.32. The molecule has 4 nitrogen and oxygen atoms in total. The van der Waals surface area contributed by atoms with Crippen LogP contribution in [0.4, 0.5) is 5.69 Å². The highest BCUT2D eigenvalue weighted by Crippen LogP contribution is 2.13. The topological polar surface area (TPSA) is 54.0 Å². The molecule has 1 heterocycles. The van der Waals surface area contributed by atoms with Gasteiger partial charge in [-0.2, -0.15) is 0 Å². The van der Waals surface area contributed by atoms with Crippen LogP contribution < -0.4 is 10.6 Å². The highest BCUT2D eigenvalue weighted by atomic mass is 16.1. The van der Waals surface area contributed by atoms with Gasteiger partial charge in [-0.3, -0.25) is 9.78 Å². The number of nitrogens with zero attached hydrogens (tertiary/aromatic N) is 1. The van der Waals surface area contributed by atoms with Crippen molar-refractivity contribution in [2.45, 2.75) is 27.2 Å². The Bertz CT molecular complexity index is 363. The lowest BCUT2D eigenvalue weighted by atomic mass is 10.2. The summed E-state index contributed by atoms with van der Waals surface area (Å²) >= 11 is 0. The predicted octanol–water partition coefficient (Wildman–Crippen LogP) is 2.29. The lowest BCUT2D eigenvalue weighted by Gasteiger charge is -2.12. The molecule has 1 rings (SSSR count). The van der Waals surface area contributed by atoms with Gasteiger partial charge in [-0.25, -0.2) is 0 Å². The molecule has 0 bridgehead atoms. The molecular weight excluding hydrogens is 214 g/mol. The quantitative estimate of drug-likeness (QED) is 0.795. The fourth-order valence-corrected chi connectivity index (χ4v) is 1.38. The molecule has 94 valence electrons. The van der Waals surface area contributed by atoms with Crippen LogP contribution in [0.5, 0.6) is 0 Å². The summed E-state index contributed by atoms with van der Waals surface area (Å²) in [5, 5.41) is 6.13. The molecule has 1 aromatic heterocycles. The molecule has 0 fully saturated rings. The van der Waals surface area contributed by atoms with Crippen molar-refractivity contribution < 1.29 is 4.79 Å². The van der Waals surface area contributed by atoms with E-state index in [0.29, 0.717) is 18.0 Å². The van der Waals surface area contributed by atoms with Gasteiger partial charge in [0.1, 0.15) is 0 Å². The Hall–Kier alpha value is -1.58. The third kappa shape index (κ3) is 4.43. The molecule has 0 spiro atoms. The summed E-state index contributed by atoms with van der Waals surface area (Å²) < 4.78 is 0. The molecule has 0 aliphatic heterocycles. The van der Waals surface area contributed by atoms with Gasteiger partial charge in [0.05, 0.1) is 11.3 Å². The molecular formula is C13H21N3O. The number of rotatable bonds is 6. The standard InChI is InChI=1S/C13H21N3O/c1-4-6-15-12-5-7-14-9-11(12)13(17)16-8-10(2)3/h5,7,9-10H,4,6,8H2,1-3H3,(H,14,15)(H,16,17). The van der Waals surface area contributed by atoms with E-state index in [1.807, 2.05) is 6.07 Å². The molecule has 0 atom stereocenters. The molecule has 1 amide bonds. The average Bonchev–Trinajstić information content (AvgIpc) is 2.33. The second-order valence-corrected chi connectivity index (χ2v) is 4.45. The van der Waals surface area contributed by atoms with Crippen LogP contribution in [0.1, 0.15) is 37.6 Å². The SMILES string of the molecule is CCCNc1ccncc1C(=O)NCC(C)C. The number of hydrogen-bond acceptors (Lipinski definition) is 3. The Morgan fingerprint density at radius 1 is 1.47 bits per heavy atom. The highest BCUT2D eigenvalue weighted by Gasteiger charge is 2.10. The van der Waals surface area contributed by atoms with Gasteiger partial charge in [-0.15, -0.1) is 0 Å². The van der Waals surface area contributed by atoms with Crippen molar-refractivity contribution in [2.75, 3.05) is 18.4 Å². The Morgan fingerprint density at radius 2 is 2.24 bits per heavy atom. The predicted molar refractivity (Wildman–Crippen MR) is 70.2 cm³/mol. The van der Waals surface area contributed by atoms with Gasteiger partial charge in [0.25, 0.3) is 5.91 Å². The lowest BCUT2D eigenvalue weighted by Crippen LogP contribution is -2.28. The minimum Gasteiger partial charge on any atom is -0.384 e. The third-order valence-electron chi connectivity index (χ3n) is 2.30. The van der Waals surface area contributed by atoms with Gasteiger partial charge < -0.3 is 10.6 Å². The van der Waals surface area contributed by atoms with Gasteiger partial charge in [-0.05, 0) is 18.4 Å². The Labute approximate surface area is 103 Å². The van der Waals surface area contributed by atoms with Crippen LogP contribution in [-0.2, 0) is 0 Å². The van der Waals surface area contributed by atoms with E-state index in [-0.39, 0.29) is 5.91 Å². The third-order valence-corrected chi connectivity index (χ3v) is 2.30. The van der Waals surface area contributed by atoms with Crippen molar-refractivity contribution in [1.29, 1.82) is 0 Å². The molecule has 4 heteroatoms. The van der Waals surface area contributed by atoms with Crippen LogP contribution >= 0.6 is 0 Å². The van der Waals surface area contributed by atoms with Crippen molar-refractivity contribution in [3.63, 3.8) is 0 Å². The number of anilines is 1. The van der Waals surface area contributed by atoms with E-state index in [0.717, 1.165) is 18.7 Å². The number of nitrogens with one attached hydrogen (secondary N) is 2. The molecule has 1 aromatic rings. The molecule has 17 heavy (non-hydrogen) atoms. The number of pyridine rings is 1. The summed E-state index contributed by atoms with van der Waals surface area (Å²) in [4.78, 5) is 15.9. The minimum absolute atomic E-state index is 0.0644. The van der Waals surface area contributed by atoms with E-state index >= 15 is 0 Å². The first-order valence-electron chi connectivity index (χ1n) is 6.11. The summed E-state index contributed by atoms with van der Waals surface area (Å²) in [6, 6.07) is 1.83. The Kier molecular flexibility index (Phi) is 5.46. The summed E-state index contributed by atoms with van der Waals surface area (Å²) in [7, 11) is 0. The van der Waals surface area contributed by atoms with Gasteiger partial charge in [0.2, 0.25) is 0 Å². The van der Waals surface area contributed by atoms with E-state index in [1.165, 1.54) is 0 Å². The number of amides is 1. The van der Waals surface area contributed by atoms with Crippen LogP contribution in [0.25, 0.3) is 0 Å². The second-order valence-electron chi connectivity index (χ2n) is 4.45. The molecule has 0 aliphatic rings. The van der Waals surface area contributed by atoms with Crippen LogP contribution in [0.2, 0.25) is 0 Å². The zero-order chi connectivity index (χ0) is 12.7. The number of carbonyl (C=O) groups is 1. The van der Waals surface area contributed by atoms with Crippen LogP contribution in [0.15, 0.2) is 18.5 Å². The van der Waals surface area contributed by atoms with Gasteiger partial charge in [0, 0.05) is 25.5 Å². The van der Waals surface area contributed by atoms with E-state index in [2.05, 4.69) is 36.4 Å². The normalized spacial score (nSPS) is 10.4. The number of carbonyl (C=O) groups excluding carboxylic acids is 1. The number of hydrogen-bond donors (Lipinski definition) is 2. The second kappa shape index (κ2) is 6.89. The van der Waals surface area contributed by atoms with Gasteiger partial charge in [-0.1, -0.05) is 20.8 Å². The van der Waals surface area contributed by atoms with Gasteiger partial charge >= 0.3 is 0 Å². The zero-order valence-electron chi connectivity index (χ0n) is 10.8. The first kappa shape index (κ1) is 13.5. The Morgan fingerprint density at radius 3 is 2.88 bits per heavy atom. The highest BCUT2D eigenvalue weighted by molar-refractivity contribution is 5.99. The van der Waals surface area contributed by atoms with E-state index in [4.69, 9.17) is 0 Å². The lowest BCUT2D eigenvalue weighted by molar-refractivity contribution is 0.0949. The molecule has 0 saturated carbocycles. The molecule has 0 aromatic carbocycles. The Balaban J connectivity index is 2.70. The van der Waals surface area contributed by atoms with E-state index in [1.54, 1.807) is 12.4 Å². The van der Waals surface area contributed by atoms with Crippen molar-refractivity contribution in [2.24, 2.45) is 5.92 Å². The molecule has 0 unspecified atom stereocenters. The maximum absolute atomic E-state index is 11.9. The first-order valence-corrected chi connectivity index (χ1v) is 6.11. The minimum atomic E-state index is -0.0644. The van der Waals surface area contributed by atoms with Crippen molar-refractivity contribution >= 4 is 11.6 Å². The largest absolute Gasteiger partial charge is 0.384 e. The first-order chi connectivity index (χ1) is 8.15. The maximum atomic E-state index is 11.9. The molecule has 0 saturated heterocycles. The maximum Gasteiger partial charge on any atom is 0.254 e. The van der Waals surface area contributed by atoms with Crippen molar-refractivity contribution in [1.82, 2.24) is 10.3 Å². The van der Waals surface area contributed by atoms with E-state index in [9.17, 15) is 4.79 Å². The van der Waals surface area contributed by atoms with Crippen LogP contribution in [0.3, 0.4) is 0 Å². The van der Waals surface area contributed by atoms with E-state index < -0.39 is 0 Å². The van der Waals surface area contributed by atoms with Crippen molar-refractivity contribution in [3.05, 3.63) is 24.0 Å². The van der Waals surface area contributed by atoms with Crippen molar-refractivity contribution in [3.8, 4) is 0 Å².